The molecule has 0 aromatic heterocycles. The van der Waals surface area contributed by atoms with Crippen molar-refractivity contribution in [3.8, 4) is 0 Å². The van der Waals surface area contributed by atoms with E-state index in [1.165, 1.54) is 44.9 Å². The maximum Gasteiger partial charge on any atom is -0.0202 e. The van der Waals surface area contributed by atoms with Crippen molar-refractivity contribution in [1.82, 2.24) is 0 Å². The second kappa shape index (κ2) is 5.38. The Hall–Kier alpha value is -0.260. The molecule has 0 aromatic rings. The van der Waals surface area contributed by atoms with Crippen LogP contribution in [0.25, 0.3) is 0 Å². The zero-order valence-electron chi connectivity index (χ0n) is 11.3. The molecule has 1 fully saturated rings. The minimum absolute atomic E-state index is 0.900. The first kappa shape index (κ1) is 12.2. The van der Waals surface area contributed by atoms with Crippen LogP contribution in [0.2, 0.25) is 0 Å². The van der Waals surface area contributed by atoms with Gasteiger partial charge in [-0.25, -0.2) is 0 Å². The molecule has 16 heavy (non-hydrogen) atoms. The molecule has 0 aromatic carbocycles. The summed E-state index contributed by atoms with van der Waals surface area (Å²) in [6, 6.07) is 0. The van der Waals surface area contributed by atoms with Gasteiger partial charge < -0.3 is 0 Å². The highest BCUT2D eigenvalue weighted by Crippen LogP contribution is 2.37. The molecule has 0 bridgehead atoms. The highest BCUT2D eigenvalue weighted by molar-refractivity contribution is 5.10. The van der Waals surface area contributed by atoms with Crippen molar-refractivity contribution in [3.63, 3.8) is 0 Å². The van der Waals surface area contributed by atoms with Crippen molar-refractivity contribution in [2.75, 3.05) is 0 Å². The third kappa shape index (κ3) is 3.12. The fourth-order valence-corrected chi connectivity index (χ4v) is 3.87. The minimum atomic E-state index is 0.900. The second-order valence-electron chi connectivity index (χ2n) is 6.57. The molecule has 0 heterocycles. The Labute approximate surface area is 102 Å². The van der Waals surface area contributed by atoms with Crippen LogP contribution in [0.4, 0.5) is 0 Å². The quantitative estimate of drug-likeness (QED) is 0.574. The average molecular weight is 220 g/mol. The highest BCUT2D eigenvalue weighted by Gasteiger charge is 2.24. The summed E-state index contributed by atoms with van der Waals surface area (Å²) in [6.07, 6.45) is 12.8. The smallest absolute Gasteiger partial charge is 0.0202 e. The maximum absolute atomic E-state index is 2.55. The van der Waals surface area contributed by atoms with Crippen LogP contribution in [0, 0.1) is 23.7 Å². The molecule has 4 unspecified atom stereocenters. The van der Waals surface area contributed by atoms with Gasteiger partial charge in [0.15, 0.2) is 0 Å². The van der Waals surface area contributed by atoms with E-state index in [1.807, 2.05) is 0 Å². The molecule has 0 spiro atoms. The van der Waals surface area contributed by atoms with E-state index in [9.17, 15) is 0 Å². The van der Waals surface area contributed by atoms with E-state index in [0.717, 1.165) is 23.7 Å². The van der Waals surface area contributed by atoms with Gasteiger partial charge in [-0.2, -0.15) is 0 Å². The first-order valence-corrected chi connectivity index (χ1v) is 7.32. The molecule has 2 rings (SSSR count). The van der Waals surface area contributed by atoms with Crippen LogP contribution < -0.4 is 0 Å². The van der Waals surface area contributed by atoms with Gasteiger partial charge in [0, 0.05) is 0 Å². The lowest BCUT2D eigenvalue weighted by Gasteiger charge is -2.28. The monoisotopic (exact) mass is 220 g/mol. The zero-order valence-corrected chi connectivity index (χ0v) is 11.3. The predicted molar refractivity (Wildman–Crippen MR) is 71.4 cm³/mol. The molecule has 0 nitrogen and oxygen atoms in total. The molecule has 0 heteroatoms. The second-order valence-corrected chi connectivity index (χ2v) is 6.57. The Morgan fingerprint density at radius 1 is 1.19 bits per heavy atom. The van der Waals surface area contributed by atoms with Crippen molar-refractivity contribution in [2.45, 2.75) is 65.7 Å². The number of hydrogen-bond donors (Lipinski definition) is 0. The van der Waals surface area contributed by atoms with Gasteiger partial charge in [-0.05, 0) is 56.3 Å². The standard InChI is InChI=1S/C16H28/c1-12-5-4-6-15(10-12)7-8-16-11-13(2)9-14(16)3/h11-12,14-16H,4-10H2,1-3H3. The average Bonchev–Trinajstić information content (AvgIpc) is 2.54. The summed E-state index contributed by atoms with van der Waals surface area (Å²) in [4.78, 5) is 0. The summed E-state index contributed by atoms with van der Waals surface area (Å²) in [5.74, 6) is 3.86. The van der Waals surface area contributed by atoms with Gasteiger partial charge in [0.1, 0.15) is 0 Å². The topological polar surface area (TPSA) is 0 Å². The molecule has 0 aliphatic heterocycles. The molecule has 0 N–H and O–H groups in total. The molecular weight excluding hydrogens is 192 g/mol. The molecule has 0 amide bonds. The van der Waals surface area contributed by atoms with E-state index in [0.29, 0.717) is 0 Å². The van der Waals surface area contributed by atoms with Crippen LogP contribution in [0.1, 0.15) is 65.7 Å². The normalized spacial score (nSPS) is 39.8. The molecular formula is C16H28. The van der Waals surface area contributed by atoms with Crippen molar-refractivity contribution in [2.24, 2.45) is 23.7 Å². The molecule has 2 aliphatic rings. The first-order chi connectivity index (χ1) is 7.65. The fourth-order valence-electron chi connectivity index (χ4n) is 3.87. The van der Waals surface area contributed by atoms with Gasteiger partial charge in [-0.15, -0.1) is 0 Å². The van der Waals surface area contributed by atoms with Gasteiger partial charge >= 0.3 is 0 Å². The lowest BCUT2D eigenvalue weighted by atomic mass is 9.78. The molecule has 92 valence electrons. The van der Waals surface area contributed by atoms with E-state index in [4.69, 9.17) is 0 Å². The molecule has 0 saturated heterocycles. The van der Waals surface area contributed by atoms with Crippen LogP contribution in [-0.4, -0.2) is 0 Å². The van der Waals surface area contributed by atoms with Crippen LogP contribution in [0.3, 0.4) is 0 Å². The molecule has 1 saturated carbocycles. The van der Waals surface area contributed by atoms with Crippen LogP contribution in [0.5, 0.6) is 0 Å². The maximum atomic E-state index is 2.55. The van der Waals surface area contributed by atoms with Gasteiger partial charge in [0.05, 0.1) is 0 Å². The Morgan fingerprint density at radius 2 is 2.00 bits per heavy atom. The van der Waals surface area contributed by atoms with E-state index < -0.39 is 0 Å². The highest BCUT2D eigenvalue weighted by atomic mass is 14.3. The van der Waals surface area contributed by atoms with E-state index in [-0.39, 0.29) is 0 Å². The van der Waals surface area contributed by atoms with Crippen molar-refractivity contribution >= 4 is 0 Å². The molecule has 0 radical (unpaired) electrons. The number of allylic oxidation sites excluding steroid dienone is 2. The summed E-state index contributed by atoms with van der Waals surface area (Å²) in [6.45, 7) is 7.18. The van der Waals surface area contributed by atoms with Gasteiger partial charge in [0.25, 0.3) is 0 Å². The van der Waals surface area contributed by atoms with E-state index in [1.54, 1.807) is 5.57 Å². The van der Waals surface area contributed by atoms with Gasteiger partial charge in [0.2, 0.25) is 0 Å². The third-order valence-electron chi connectivity index (χ3n) is 4.83. The Balaban J connectivity index is 1.74. The summed E-state index contributed by atoms with van der Waals surface area (Å²) in [5, 5.41) is 0. The van der Waals surface area contributed by atoms with Gasteiger partial charge in [-0.1, -0.05) is 44.8 Å². The molecule has 2 aliphatic carbocycles. The van der Waals surface area contributed by atoms with Crippen LogP contribution >= 0.6 is 0 Å². The number of hydrogen-bond acceptors (Lipinski definition) is 0. The SMILES string of the molecule is CC1=CC(CCC2CCCC(C)C2)C(C)C1. The third-order valence-corrected chi connectivity index (χ3v) is 4.83. The minimum Gasteiger partial charge on any atom is -0.0822 e. The summed E-state index contributed by atoms with van der Waals surface area (Å²) >= 11 is 0. The fraction of sp³-hybridized carbons (Fsp3) is 0.875. The summed E-state index contributed by atoms with van der Waals surface area (Å²) < 4.78 is 0. The Kier molecular flexibility index (Phi) is 4.10. The van der Waals surface area contributed by atoms with Crippen molar-refractivity contribution in [3.05, 3.63) is 11.6 Å². The van der Waals surface area contributed by atoms with Crippen LogP contribution in [0.15, 0.2) is 11.6 Å². The van der Waals surface area contributed by atoms with E-state index >= 15 is 0 Å². The summed E-state index contributed by atoms with van der Waals surface area (Å²) in [5.41, 5.74) is 1.63. The number of rotatable bonds is 3. The lowest BCUT2D eigenvalue weighted by Crippen LogP contribution is -2.15. The summed E-state index contributed by atoms with van der Waals surface area (Å²) in [7, 11) is 0. The first-order valence-electron chi connectivity index (χ1n) is 7.32. The Bertz CT molecular complexity index is 251. The van der Waals surface area contributed by atoms with Crippen molar-refractivity contribution in [1.29, 1.82) is 0 Å². The Morgan fingerprint density at radius 3 is 2.62 bits per heavy atom. The largest absolute Gasteiger partial charge is 0.0822 e. The van der Waals surface area contributed by atoms with Crippen molar-refractivity contribution < 1.29 is 0 Å². The lowest BCUT2D eigenvalue weighted by molar-refractivity contribution is 0.251. The van der Waals surface area contributed by atoms with Gasteiger partial charge in [-0.3, -0.25) is 0 Å². The molecule has 4 atom stereocenters. The predicted octanol–water partition coefficient (Wildman–Crippen LogP) is 5.20. The van der Waals surface area contributed by atoms with E-state index in [2.05, 4.69) is 26.8 Å². The van der Waals surface area contributed by atoms with Crippen LogP contribution in [-0.2, 0) is 0 Å². The zero-order chi connectivity index (χ0) is 11.5.